The minimum Gasteiger partial charge on any atom is -0.364 e. The molecule has 0 bridgehead atoms. The molecule has 0 atom stereocenters. The summed E-state index contributed by atoms with van der Waals surface area (Å²) in [4.78, 5) is 10.5. The molecule has 3 heteroatoms. The van der Waals surface area contributed by atoms with Gasteiger partial charge in [0.05, 0.1) is 0 Å². The Morgan fingerprint density at radius 3 is 2.92 bits per heavy atom. The molecule has 1 aromatic rings. The fourth-order valence-electron chi connectivity index (χ4n) is 1.88. The van der Waals surface area contributed by atoms with Crippen molar-refractivity contribution in [3.63, 3.8) is 0 Å². The van der Waals surface area contributed by atoms with Gasteiger partial charge in [-0.15, -0.1) is 0 Å². The molecule has 1 aliphatic rings. The highest BCUT2D eigenvalue weighted by molar-refractivity contribution is 5.74. The monoisotopic (exact) mass is 165 g/mol. The molecular weight excluding hydrogens is 154 g/mol. The summed E-state index contributed by atoms with van der Waals surface area (Å²) in [5, 5.41) is 3.64. The van der Waals surface area contributed by atoms with E-state index >= 15 is 0 Å². The first-order chi connectivity index (χ1) is 5.92. The van der Waals surface area contributed by atoms with Crippen LogP contribution in [0.3, 0.4) is 0 Å². The molecule has 0 amide bonds. The number of carbonyl (C=O) groups excluding carboxylic acids is 1. The van der Waals surface area contributed by atoms with E-state index in [1.807, 2.05) is 0 Å². The molecule has 0 unspecified atom stereocenters. The Kier molecular flexibility index (Phi) is 1.94. The van der Waals surface area contributed by atoms with Gasteiger partial charge in [-0.25, -0.2) is 0 Å². The maximum absolute atomic E-state index is 10.5. The van der Waals surface area contributed by atoms with Crippen LogP contribution >= 0.6 is 0 Å². The highest BCUT2D eigenvalue weighted by Crippen LogP contribution is 2.34. The van der Waals surface area contributed by atoms with Gasteiger partial charge in [-0.1, -0.05) is 18.0 Å². The SMILES string of the molecule is O=Cc1nocc1C1CCCC1. The highest BCUT2D eigenvalue weighted by atomic mass is 16.5. The number of aldehydes is 1. The lowest BCUT2D eigenvalue weighted by atomic mass is 9.99. The lowest BCUT2D eigenvalue weighted by Crippen LogP contribution is -1.94. The second-order valence-corrected chi connectivity index (χ2v) is 3.25. The highest BCUT2D eigenvalue weighted by Gasteiger charge is 2.21. The van der Waals surface area contributed by atoms with E-state index in [1.165, 1.54) is 25.7 Å². The van der Waals surface area contributed by atoms with Crippen molar-refractivity contribution in [3.8, 4) is 0 Å². The van der Waals surface area contributed by atoms with Crippen molar-refractivity contribution in [2.45, 2.75) is 31.6 Å². The molecule has 1 heterocycles. The van der Waals surface area contributed by atoms with Gasteiger partial charge in [0.15, 0.2) is 6.29 Å². The summed E-state index contributed by atoms with van der Waals surface area (Å²) >= 11 is 0. The zero-order valence-electron chi connectivity index (χ0n) is 6.82. The number of rotatable bonds is 2. The van der Waals surface area contributed by atoms with E-state index in [2.05, 4.69) is 5.16 Å². The summed E-state index contributed by atoms with van der Waals surface area (Å²) in [5.74, 6) is 0.511. The van der Waals surface area contributed by atoms with E-state index in [0.717, 1.165) is 11.8 Å². The minimum absolute atomic E-state index is 0.488. The van der Waals surface area contributed by atoms with Crippen LogP contribution in [0.5, 0.6) is 0 Å². The third-order valence-corrected chi connectivity index (χ3v) is 2.53. The first kappa shape index (κ1) is 7.53. The van der Waals surface area contributed by atoms with Crippen molar-refractivity contribution in [1.29, 1.82) is 0 Å². The molecule has 3 nitrogen and oxygen atoms in total. The standard InChI is InChI=1S/C9H11NO2/c11-5-9-8(6-12-10-9)7-3-1-2-4-7/h5-7H,1-4H2. The molecule has 64 valence electrons. The van der Waals surface area contributed by atoms with Crippen LogP contribution in [-0.4, -0.2) is 11.4 Å². The molecule has 0 saturated heterocycles. The molecular formula is C9H11NO2. The Morgan fingerprint density at radius 1 is 1.50 bits per heavy atom. The third kappa shape index (κ3) is 1.15. The second-order valence-electron chi connectivity index (χ2n) is 3.25. The van der Waals surface area contributed by atoms with E-state index in [1.54, 1.807) is 6.26 Å². The van der Waals surface area contributed by atoms with Crippen molar-refractivity contribution in [3.05, 3.63) is 17.5 Å². The number of hydrogen-bond donors (Lipinski definition) is 0. The predicted octanol–water partition coefficient (Wildman–Crippen LogP) is 2.14. The van der Waals surface area contributed by atoms with Gasteiger partial charge in [0.25, 0.3) is 0 Å². The van der Waals surface area contributed by atoms with Crippen LogP contribution in [0.4, 0.5) is 0 Å². The lowest BCUT2D eigenvalue weighted by Gasteiger charge is -2.03. The minimum atomic E-state index is 0.488. The van der Waals surface area contributed by atoms with Crippen molar-refractivity contribution in [1.82, 2.24) is 5.16 Å². The Labute approximate surface area is 70.7 Å². The van der Waals surface area contributed by atoms with Gasteiger partial charge in [-0.3, -0.25) is 4.79 Å². The first-order valence-corrected chi connectivity index (χ1v) is 4.31. The third-order valence-electron chi connectivity index (χ3n) is 2.53. The van der Waals surface area contributed by atoms with Crippen LogP contribution in [0.1, 0.15) is 47.7 Å². The fraction of sp³-hybridized carbons (Fsp3) is 0.556. The van der Waals surface area contributed by atoms with Gasteiger partial charge >= 0.3 is 0 Å². The van der Waals surface area contributed by atoms with E-state index in [4.69, 9.17) is 4.52 Å². The van der Waals surface area contributed by atoms with Crippen LogP contribution in [-0.2, 0) is 0 Å². The van der Waals surface area contributed by atoms with Gasteiger partial charge in [0, 0.05) is 5.56 Å². The van der Waals surface area contributed by atoms with Gasteiger partial charge in [-0.2, -0.15) is 0 Å². The molecule has 1 aromatic heterocycles. The molecule has 0 aliphatic heterocycles. The van der Waals surface area contributed by atoms with Crippen LogP contribution in [0.25, 0.3) is 0 Å². The van der Waals surface area contributed by atoms with Crippen molar-refractivity contribution >= 4 is 6.29 Å². The Hall–Kier alpha value is -1.12. The van der Waals surface area contributed by atoms with Gasteiger partial charge in [0.1, 0.15) is 12.0 Å². The smallest absolute Gasteiger partial charge is 0.172 e. The first-order valence-electron chi connectivity index (χ1n) is 4.31. The number of aromatic nitrogens is 1. The zero-order valence-corrected chi connectivity index (χ0v) is 6.82. The second kappa shape index (κ2) is 3.09. The molecule has 0 N–H and O–H groups in total. The van der Waals surface area contributed by atoms with E-state index in [0.29, 0.717) is 11.6 Å². The molecule has 0 aromatic carbocycles. The summed E-state index contributed by atoms with van der Waals surface area (Å²) in [6.07, 6.45) is 7.24. The molecule has 0 radical (unpaired) electrons. The molecule has 12 heavy (non-hydrogen) atoms. The number of carbonyl (C=O) groups is 1. The lowest BCUT2D eigenvalue weighted by molar-refractivity contribution is 0.111. The molecule has 0 spiro atoms. The Morgan fingerprint density at radius 2 is 2.25 bits per heavy atom. The average molecular weight is 165 g/mol. The van der Waals surface area contributed by atoms with E-state index in [-0.39, 0.29) is 0 Å². The van der Waals surface area contributed by atoms with Crippen molar-refractivity contribution < 1.29 is 9.32 Å². The van der Waals surface area contributed by atoms with Crippen LogP contribution < -0.4 is 0 Å². The maximum atomic E-state index is 10.5. The fourth-order valence-corrected chi connectivity index (χ4v) is 1.88. The largest absolute Gasteiger partial charge is 0.364 e. The predicted molar refractivity (Wildman–Crippen MR) is 43.1 cm³/mol. The number of nitrogens with zero attached hydrogens (tertiary/aromatic N) is 1. The molecule has 1 fully saturated rings. The normalized spacial score (nSPS) is 18.3. The Bertz CT molecular complexity index is 274. The quantitative estimate of drug-likeness (QED) is 0.630. The van der Waals surface area contributed by atoms with Crippen LogP contribution in [0, 0.1) is 0 Å². The van der Waals surface area contributed by atoms with Gasteiger partial charge in [0.2, 0.25) is 0 Å². The summed E-state index contributed by atoms with van der Waals surface area (Å²) in [6.45, 7) is 0. The number of hydrogen-bond acceptors (Lipinski definition) is 3. The van der Waals surface area contributed by atoms with Gasteiger partial charge < -0.3 is 4.52 Å². The summed E-state index contributed by atoms with van der Waals surface area (Å²) in [7, 11) is 0. The van der Waals surface area contributed by atoms with E-state index < -0.39 is 0 Å². The summed E-state index contributed by atoms with van der Waals surface area (Å²) < 4.78 is 4.77. The maximum Gasteiger partial charge on any atom is 0.172 e. The van der Waals surface area contributed by atoms with Crippen molar-refractivity contribution in [2.24, 2.45) is 0 Å². The van der Waals surface area contributed by atoms with Crippen molar-refractivity contribution in [2.75, 3.05) is 0 Å². The molecule has 2 rings (SSSR count). The van der Waals surface area contributed by atoms with Gasteiger partial charge in [-0.05, 0) is 18.8 Å². The topological polar surface area (TPSA) is 43.1 Å². The average Bonchev–Trinajstić information content (AvgIpc) is 2.74. The van der Waals surface area contributed by atoms with E-state index in [9.17, 15) is 4.79 Å². The molecule has 1 aliphatic carbocycles. The van der Waals surface area contributed by atoms with Crippen LogP contribution in [0.2, 0.25) is 0 Å². The summed E-state index contributed by atoms with van der Waals surface area (Å²) in [6, 6.07) is 0. The molecule has 1 saturated carbocycles. The summed E-state index contributed by atoms with van der Waals surface area (Å²) in [5.41, 5.74) is 1.49. The van der Waals surface area contributed by atoms with Crippen LogP contribution in [0.15, 0.2) is 10.8 Å². The Balaban J connectivity index is 2.25. The zero-order chi connectivity index (χ0) is 8.39.